The van der Waals surface area contributed by atoms with Crippen molar-refractivity contribution < 1.29 is 19.1 Å². The van der Waals surface area contributed by atoms with Crippen molar-refractivity contribution in [2.45, 2.75) is 23.7 Å². The van der Waals surface area contributed by atoms with E-state index < -0.39 is 17.1 Å². The third kappa shape index (κ3) is 10.2. The van der Waals surface area contributed by atoms with Gasteiger partial charge in [-0.2, -0.15) is 0 Å². The minimum atomic E-state index is -0.512. The molecule has 0 bridgehead atoms. The predicted molar refractivity (Wildman–Crippen MR) is 211 cm³/mol. The van der Waals surface area contributed by atoms with Gasteiger partial charge in [-0.3, -0.25) is 14.4 Å². The molecule has 6 aromatic rings. The number of carbonyl (C=O) groups is 3. The van der Waals surface area contributed by atoms with Crippen molar-refractivity contribution in [2.75, 3.05) is 10.6 Å². The Morgan fingerprint density at radius 3 is 2.29 bits per heavy atom. The van der Waals surface area contributed by atoms with Crippen LogP contribution in [0.25, 0.3) is 17.3 Å². The summed E-state index contributed by atoms with van der Waals surface area (Å²) in [6.45, 7) is 2.23. The standard InChI is InChI=1S/C41H33ClN4O4S2/c1-27(38(47)46-41-45-37(26-51-41)30-17-19-32(42)20-18-30)52-35-14-8-13-33(24-35)43-40(49)36(44-39(48)31-11-6-3-7-12-31)23-28-15-21-34(22-16-28)50-25-29-9-4-2-5-10-29/h2-24,26-27H,25H2,1H3,(H,43,49)(H,44,48)(H,45,46,47)/b36-23-. The molecule has 3 N–H and O–H groups in total. The molecule has 0 saturated heterocycles. The van der Waals surface area contributed by atoms with Crippen LogP contribution in [0, 0.1) is 0 Å². The van der Waals surface area contributed by atoms with E-state index in [4.69, 9.17) is 16.3 Å². The van der Waals surface area contributed by atoms with Gasteiger partial charge in [0.25, 0.3) is 11.8 Å². The summed E-state index contributed by atoms with van der Waals surface area (Å²) in [6.07, 6.45) is 1.61. The number of halogens is 1. The molecule has 0 spiro atoms. The summed E-state index contributed by atoms with van der Waals surface area (Å²) in [5, 5.41) is 11.1. The van der Waals surface area contributed by atoms with E-state index in [1.54, 1.807) is 67.6 Å². The Labute approximate surface area is 314 Å². The lowest BCUT2D eigenvalue weighted by atomic mass is 10.1. The molecule has 0 fully saturated rings. The highest BCUT2D eigenvalue weighted by atomic mass is 35.5. The summed E-state index contributed by atoms with van der Waals surface area (Å²) in [5.41, 5.74) is 4.36. The van der Waals surface area contributed by atoms with E-state index >= 15 is 0 Å². The first-order valence-electron chi connectivity index (χ1n) is 16.2. The zero-order chi connectivity index (χ0) is 36.3. The average molecular weight is 745 g/mol. The molecule has 5 aromatic carbocycles. The molecule has 0 aliphatic heterocycles. The van der Waals surface area contributed by atoms with Gasteiger partial charge >= 0.3 is 0 Å². The first-order valence-corrected chi connectivity index (χ1v) is 18.4. The fraction of sp³-hybridized carbons (Fsp3) is 0.0732. The number of amides is 3. The van der Waals surface area contributed by atoms with E-state index in [0.717, 1.165) is 21.7 Å². The van der Waals surface area contributed by atoms with Crippen LogP contribution in [0.5, 0.6) is 5.75 Å². The second-order valence-corrected chi connectivity index (χ2v) is 14.2. The van der Waals surface area contributed by atoms with E-state index in [1.165, 1.54) is 23.1 Å². The molecule has 1 atom stereocenters. The van der Waals surface area contributed by atoms with Crippen LogP contribution in [0.15, 0.2) is 149 Å². The monoisotopic (exact) mass is 744 g/mol. The summed E-state index contributed by atoms with van der Waals surface area (Å²) < 4.78 is 5.90. The fourth-order valence-electron chi connectivity index (χ4n) is 4.90. The Balaban J connectivity index is 1.11. The van der Waals surface area contributed by atoms with Crippen molar-refractivity contribution >= 4 is 69.3 Å². The maximum atomic E-state index is 13.7. The molecule has 11 heteroatoms. The summed E-state index contributed by atoms with van der Waals surface area (Å²) in [5.74, 6) is -0.468. The van der Waals surface area contributed by atoms with E-state index in [2.05, 4.69) is 20.9 Å². The summed E-state index contributed by atoms with van der Waals surface area (Å²) in [6, 6.07) is 40.3. The molecule has 0 saturated carbocycles. The van der Waals surface area contributed by atoms with Gasteiger partial charge in [-0.25, -0.2) is 4.98 Å². The molecule has 1 aromatic heterocycles. The van der Waals surface area contributed by atoms with Gasteiger partial charge in [-0.05, 0) is 78.7 Å². The molecule has 0 radical (unpaired) electrons. The number of ether oxygens (including phenoxy) is 1. The highest BCUT2D eigenvalue weighted by molar-refractivity contribution is 8.00. The molecule has 260 valence electrons. The van der Waals surface area contributed by atoms with Crippen molar-refractivity contribution in [3.05, 3.63) is 166 Å². The maximum absolute atomic E-state index is 13.7. The molecule has 0 aliphatic carbocycles. The van der Waals surface area contributed by atoms with E-state index in [0.29, 0.717) is 39.3 Å². The number of nitrogens with zero attached hydrogens (tertiary/aromatic N) is 1. The minimum absolute atomic E-state index is 0.0547. The minimum Gasteiger partial charge on any atom is -0.489 e. The predicted octanol–water partition coefficient (Wildman–Crippen LogP) is 9.57. The van der Waals surface area contributed by atoms with Crippen molar-refractivity contribution in [1.29, 1.82) is 0 Å². The summed E-state index contributed by atoms with van der Waals surface area (Å²) in [7, 11) is 0. The van der Waals surface area contributed by atoms with E-state index in [1.807, 2.05) is 84.2 Å². The van der Waals surface area contributed by atoms with Gasteiger partial charge in [0.2, 0.25) is 5.91 Å². The number of thioether (sulfide) groups is 1. The highest BCUT2D eigenvalue weighted by Crippen LogP contribution is 2.29. The number of anilines is 2. The number of carbonyl (C=O) groups excluding carboxylic acids is 3. The van der Waals surface area contributed by atoms with Crippen LogP contribution in [-0.4, -0.2) is 28.0 Å². The van der Waals surface area contributed by atoms with Crippen LogP contribution in [0.2, 0.25) is 5.02 Å². The highest BCUT2D eigenvalue weighted by Gasteiger charge is 2.19. The Bertz CT molecular complexity index is 2170. The molecule has 3 amide bonds. The summed E-state index contributed by atoms with van der Waals surface area (Å²) in [4.78, 5) is 45.2. The Kier molecular flexibility index (Phi) is 12.2. The van der Waals surface area contributed by atoms with Gasteiger partial charge in [0.05, 0.1) is 10.9 Å². The van der Waals surface area contributed by atoms with Crippen LogP contribution in [0.4, 0.5) is 10.8 Å². The molecular weight excluding hydrogens is 712 g/mol. The van der Waals surface area contributed by atoms with Crippen LogP contribution in [0.3, 0.4) is 0 Å². The SMILES string of the molecule is CC(Sc1cccc(NC(=O)/C(=C/c2ccc(OCc3ccccc3)cc2)NC(=O)c2ccccc2)c1)C(=O)Nc1nc(-c2ccc(Cl)cc2)cs1. The van der Waals surface area contributed by atoms with Gasteiger partial charge in [-0.15, -0.1) is 23.1 Å². The molecule has 0 aliphatic rings. The number of benzene rings is 5. The van der Waals surface area contributed by atoms with Gasteiger partial charge in [0.1, 0.15) is 18.1 Å². The molecule has 1 unspecified atom stereocenters. The zero-order valence-corrected chi connectivity index (χ0v) is 30.3. The Morgan fingerprint density at radius 1 is 0.846 bits per heavy atom. The van der Waals surface area contributed by atoms with Crippen molar-refractivity contribution in [3.8, 4) is 17.0 Å². The number of nitrogens with one attached hydrogen (secondary N) is 3. The van der Waals surface area contributed by atoms with Crippen molar-refractivity contribution in [3.63, 3.8) is 0 Å². The van der Waals surface area contributed by atoms with E-state index in [9.17, 15) is 14.4 Å². The molecule has 52 heavy (non-hydrogen) atoms. The second-order valence-electron chi connectivity index (χ2n) is 11.5. The number of hydrogen-bond donors (Lipinski definition) is 3. The lowest BCUT2D eigenvalue weighted by Crippen LogP contribution is -2.30. The second kappa shape index (κ2) is 17.5. The lowest BCUT2D eigenvalue weighted by molar-refractivity contribution is -0.115. The first kappa shape index (κ1) is 36.1. The third-order valence-corrected chi connectivity index (χ3v) is 9.72. The van der Waals surface area contributed by atoms with Crippen LogP contribution in [-0.2, 0) is 16.2 Å². The number of aromatic nitrogens is 1. The number of hydrogen-bond acceptors (Lipinski definition) is 7. The zero-order valence-electron chi connectivity index (χ0n) is 27.9. The molecule has 8 nitrogen and oxygen atoms in total. The molecule has 1 heterocycles. The topological polar surface area (TPSA) is 109 Å². The third-order valence-electron chi connectivity index (χ3n) is 7.62. The summed E-state index contributed by atoms with van der Waals surface area (Å²) >= 11 is 8.69. The van der Waals surface area contributed by atoms with Crippen molar-refractivity contribution in [2.24, 2.45) is 0 Å². The van der Waals surface area contributed by atoms with Gasteiger partial charge in [-0.1, -0.05) is 90.5 Å². The van der Waals surface area contributed by atoms with Crippen molar-refractivity contribution in [1.82, 2.24) is 10.3 Å². The maximum Gasteiger partial charge on any atom is 0.272 e. The largest absolute Gasteiger partial charge is 0.489 e. The Hall–Kier alpha value is -5.68. The first-order chi connectivity index (χ1) is 25.3. The van der Waals surface area contributed by atoms with Gasteiger partial charge in [0, 0.05) is 32.1 Å². The average Bonchev–Trinajstić information content (AvgIpc) is 3.63. The molecular formula is C41H33ClN4O4S2. The van der Waals surface area contributed by atoms with Gasteiger partial charge < -0.3 is 20.7 Å². The van der Waals surface area contributed by atoms with Gasteiger partial charge in [0.15, 0.2) is 5.13 Å². The van der Waals surface area contributed by atoms with Crippen LogP contribution < -0.4 is 20.7 Å². The Morgan fingerprint density at radius 2 is 1.56 bits per heavy atom. The smallest absolute Gasteiger partial charge is 0.272 e. The van der Waals surface area contributed by atoms with Crippen LogP contribution in [0.1, 0.15) is 28.4 Å². The normalized spacial score (nSPS) is 11.7. The molecule has 6 rings (SSSR count). The quantitative estimate of drug-likeness (QED) is 0.0803. The number of rotatable bonds is 13. The number of thiazole rings is 1. The van der Waals surface area contributed by atoms with E-state index in [-0.39, 0.29) is 11.6 Å². The van der Waals surface area contributed by atoms with Crippen LogP contribution >= 0.6 is 34.7 Å². The fourth-order valence-corrected chi connectivity index (χ4v) is 6.68. The lowest BCUT2D eigenvalue weighted by Gasteiger charge is -2.14.